The molecule has 0 rings (SSSR count). The van der Waals surface area contributed by atoms with E-state index in [9.17, 15) is 0 Å². The van der Waals surface area contributed by atoms with Gasteiger partial charge in [0.05, 0.1) is 6.10 Å². The van der Waals surface area contributed by atoms with Crippen LogP contribution in [0.4, 0.5) is 0 Å². The molecule has 0 aliphatic rings. The van der Waals surface area contributed by atoms with Crippen LogP contribution in [0.1, 0.15) is 20.3 Å². The molecule has 0 fully saturated rings. The predicted molar refractivity (Wildman–Crippen MR) is 63.7 cm³/mol. The Bertz CT molecular complexity index is 120. The highest BCUT2D eigenvalue weighted by molar-refractivity contribution is 6.27. The van der Waals surface area contributed by atoms with E-state index in [1.807, 2.05) is 6.08 Å². The third-order valence-electron chi connectivity index (χ3n) is 1.69. The fraction of sp³-hybridized carbons (Fsp3) is 0.778. The standard InChI is InChI=1S/C9H22O2Si2/c1-4-9(11-13-6-3)7-8-10-12-5-2/h4,9H,1,5-8,12-13H2,2-3H3. The van der Waals surface area contributed by atoms with Gasteiger partial charge in [0.1, 0.15) is 0 Å². The molecule has 0 aliphatic heterocycles. The van der Waals surface area contributed by atoms with Crippen molar-refractivity contribution in [2.75, 3.05) is 6.61 Å². The van der Waals surface area contributed by atoms with Crippen LogP contribution in [-0.4, -0.2) is 32.2 Å². The van der Waals surface area contributed by atoms with Gasteiger partial charge in [0.15, 0.2) is 19.5 Å². The predicted octanol–water partition coefficient (Wildman–Crippen LogP) is 1.01. The molecule has 0 aromatic heterocycles. The maximum absolute atomic E-state index is 5.68. The van der Waals surface area contributed by atoms with E-state index in [4.69, 9.17) is 8.85 Å². The maximum Gasteiger partial charge on any atom is 0.162 e. The van der Waals surface area contributed by atoms with Gasteiger partial charge in [-0.2, -0.15) is 0 Å². The van der Waals surface area contributed by atoms with Crippen molar-refractivity contribution in [1.29, 1.82) is 0 Å². The Morgan fingerprint density at radius 3 is 2.54 bits per heavy atom. The van der Waals surface area contributed by atoms with Gasteiger partial charge in [-0.1, -0.05) is 19.9 Å². The minimum atomic E-state index is -0.292. The third kappa shape index (κ3) is 8.42. The van der Waals surface area contributed by atoms with Gasteiger partial charge >= 0.3 is 0 Å². The minimum absolute atomic E-state index is 0.227. The van der Waals surface area contributed by atoms with Crippen molar-refractivity contribution in [3.05, 3.63) is 12.7 Å². The van der Waals surface area contributed by atoms with Crippen molar-refractivity contribution in [3.63, 3.8) is 0 Å². The first-order valence-electron chi connectivity index (χ1n) is 5.17. The highest BCUT2D eigenvalue weighted by Crippen LogP contribution is 2.00. The van der Waals surface area contributed by atoms with Crippen LogP contribution in [0.3, 0.4) is 0 Å². The summed E-state index contributed by atoms with van der Waals surface area (Å²) in [4.78, 5) is 0. The van der Waals surface area contributed by atoms with Crippen molar-refractivity contribution in [3.8, 4) is 0 Å². The fourth-order valence-corrected chi connectivity index (χ4v) is 2.49. The third-order valence-corrected chi connectivity index (χ3v) is 3.75. The van der Waals surface area contributed by atoms with E-state index in [1.54, 1.807) is 0 Å². The van der Waals surface area contributed by atoms with Crippen molar-refractivity contribution in [2.45, 2.75) is 38.5 Å². The summed E-state index contributed by atoms with van der Waals surface area (Å²) in [5.41, 5.74) is 0. The molecule has 0 amide bonds. The first kappa shape index (κ1) is 13.1. The van der Waals surface area contributed by atoms with Gasteiger partial charge in [0, 0.05) is 6.61 Å². The summed E-state index contributed by atoms with van der Waals surface area (Å²) < 4.78 is 11.2. The van der Waals surface area contributed by atoms with Crippen LogP contribution in [0.2, 0.25) is 12.1 Å². The summed E-state index contributed by atoms with van der Waals surface area (Å²) in [5.74, 6) is 0. The molecule has 0 aliphatic carbocycles. The summed E-state index contributed by atoms with van der Waals surface area (Å²) in [5, 5.41) is 0. The van der Waals surface area contributed by atoms with E-state index in [2.05, 4.69) is 20.4 Å². The molecule has 0 spiro atoms. The SMILES string of the molecule is C=CC(CCO[SiH2]CC)O[SiH2]CC. The summed E-state index contributed by atoms with van der Waals surface area (Å²) in [6.07, 6.45) is 3.14. The summed E-state index contributed by atoms with van der Waals surface area (Å²) >= 11 is 0. The average Bonchev–Trinajstić information content (AvgIpc) is 2.17. The van der Waals surface area contributed by atoms with Gasteiger partial charge in [0.2, 0.25) is 0 Å². The average molecular weight is 218 g/mol. The van der Waals surface area contributed by atoms with Crippen molar-refractivity contribution in [2.24, 2.45) is 0 Å². The molecule has 13 heavy (non-hydrogen) atoms. The zero-order valence-electron chi connectivity index (χ0n) is 8.92. The Labute approximate surface area is 86.6 Å². The fourth-order valence-electron chi connectivity index (χ4n) is 0.984. The maximum atomic E-state index is 5.68. The molecule has 78 valence electrons. The molecular weight excluding hydrogens is 196 g/mol. The van der Waals surface area contributed by atoms with Crippen LogP contribution in [0.25, 0.3) is 0 Å². The van der Waals surface area contributed by atoms with E-state index in [1.165, 1.54) is 12.1 Å². The molecule has 0 saturated heterocycles. The second-order valence-corrected chi connectivity index (χ2v) is 6.60. The molecule has 0 heterocycles. The number of hydrogen-bond donors (Lipinski definition) is 0. The van der Waals surface area contributed by atoms with E-state index in [0.717, 1.165) is 13.0 Å². The molecule has 0 aromatic rings. The van der Waals surface area contributed by atoms with Crippen LogP contribution in [0.15, 0.2) is 12.7 Å². The van der Waals surface area contributed by atoms with Crippen molar-refractivity contribution in [1.82, 2.24) is 0 Å². The second kappa shape index (κ2) is 10.2. The lowest BCUT2D eigenvalue weighted by Crippen LogP contribution is -2.15. The topological polar surface area (TPSA) is 18.5 Å². The lowest BCUT2D eigenvalue weighted by Gasteiger charge is -2.13. The molecule has 0 aromatic carbocycles. The van der Waals surface area contributed by atoms with Gasteiger partial charge in [-0.3, -0.25) is 0 Å². The Hall–Kier alpha value is 0.0938. The first-order valence-corrected chi connectivity index (χ1v) is 8.32. The number of hydrogen-bond acceptors (Lipinski definition) is 2. The Balaban J connectivity index is 3.31. The zero-order chi connectivity index (χ0) is 9.94. The lowest BCUT2D eigenvalue weighted by atomic mass is 10.3. The van der Waals surface area contributed by atoms with E-state index in [-0.39, 0.29) is 25.6 Å². The van der Waals surface area contributed by atoms with Gasteiger partial charge in [-0.25, -0.2) is 0 Å². The van der Waals surface area contributed by atoms with Crippen LogP contribution in [0, 0.1) is 0 Å². The summed E-state index contributed by atoms with van der Waals surface area (Å²) in [6, 6.07) is 2.43. The molecule has 1 unspecified atom stereocenters. The Morgan fingerprint density at radius 1 is 1.31 bits per heavy atom. The van der Waals surface area contributed by atoms with E-state index < -0.39 is 0 Å². The monoisotopic (exact) mass is 218 g/mol. The van der Waals surface area contributed by atoms with Crippen LogP contribution in [0.5, 0.6) is 0 Å². The normalized spacial score (nSPS) is 14.6. The number of rotatable bonds is 9. The van der Waals surface area contributed by atoms with Crippen LogP contribution < -0.4 is 0 Å². The molecule has 4 heteroatoms. The van der Waals surface area contributed by atoms with Crippen molar-refractivity contribution >= 4 is 19.5 Å². The molecule has 1 atom stereocenters. The highest BCUT2D eigenvalue weighted by atomic mass is 28.2. The lowest BCUT2D eigenvalue weighted by molar-refractivity contribution is 0.209. The largest absolute Gasteiger partial charge is 0.424 e. The van der Waals surface area contributed by atoms with Gasteiger partial charge in [-0.15, -0.1) is 6.58 Å². The van der Waals surface area contributed by atoms with Gasteiger partial charge in [-0.05, 0) is 18.5 Å². The summed E-state index contributed by atoms with van der Waals surface area (Å²) in [7, 11) is -0.518. The van der Waals surface area contributed by atoms with Crippen LogP contribution >= 0.6 is 0 Å². The van der Waals surface area contributed by atoms with Gasteiger partial charge in [0.25, 0.3) is 0 Å². The zero-order valence-corrected chi connectivity index (χ0v) is 11.7. The molecule has 0 saturated carbocycles. The molecule has 0 N–H and O–H groups in total. The minimum Gasteiger partial charge on any atom is -0.424 e. The first-order chi connectivity index (χ1) is 6.35. The summed E-state index contributed by atoms with van der Waals surface area (Å²) in [6.45, 7) is 8.97. The smallest absolute Gasteiger partial charge is 0.162 e. The van der Waals surface area contributed by atoms with Crippen LogP contribution in [-0.2, 0) is 8.85 Å². The van der Waals surface area contributed by atoms with E-state index in [0.29, 0.717) is 0 Å². The highest BCUT2D eigenvalue weighted by Gasteiger charge is 2.02. The molecular formula is C9H22O2Si2. The Kier molecular flexibility index (Phi) is 10.2. The molecule has 2 nitrogen and oxygen atoms in total. The molecule has 0 radical (unpaired) electrons. The Morgan fingerprint density at radius 2 is 2.00 bits per heavy atom. The van der Waals surface area contributed by atoms with E-state index >= 15 is 0 Å². The quantitative estimate of drug-likeness (QED) is 0.327. The van der Waals surface area contributed by atoms with Gasteiger partial charge < -0.3 is 8.85 Å². The second-order valence-electron chi connectivity index (χ2n) is 3.05. The van der Waals surface area contributed by atoms with Crippen molar-refractivity contribution < 1.29 is 8.85 Å². The molecule has 0 bridgehead atoms.